The van der Waals surface area contributed by atoms with Gasteiger partial charge in [0, 0.05) is 24.7 Å². The third-order valence-corrected chi connectivity index (χ3v) is 4.44. The molecule has 0 spiro atoms. The van der Waals surface area contributed by atoms with Crippen LogP contribution in [0.15, 0.2) is 18.2 Å². The molecule has 1 amide bonds. The summed E-state index contributed by atoms with van der Waals surface area (Å²) < 4.78 is 5.18. The number of hydrogen-bond acceptors (Lipinski definition) is 6. The number of methoxy groups -OCH3 is 1. The largest absolute Gasteiger partial charge is 0.495 e. The number of rotatable bonds is 6. The summed E-state index contributed by atoms with van der Waals surface area (Å²) in [5.41, 5.74) is 0.220. The van der Waals surface area contributed by atoms with Crippen molar-refractivity contribution in [3.05, 3.63) is 28.3 Å². The van der Waals surface area contributed by atoms with Gasteiger partial charge in [0.05, 0.1) is 23.8 Å². The Bertz CT molecular complexity index is 614. The molecular weight excluding hydrogens is 348 g/mol. The maximum atomic E-state index is 12.6. The van der Waals surface area contributed by atoms with E-state index in [9.17, 15) is 14.9 Å². The second-order valence-electron chi connectivity index (χ2n) is 5.93. The SMILES string of the molecule is CNC1CCCN(C(C)C(=O)Nc2cc([N+](=O)[O-])ccc2OC)C1.Cl. The predicted octanol–water partition coefficient (Wildman–Crippen LogP) is 2.04. The van der Waals surface area contributed by atoms with Crippen LogP contribution < -0.4 is 15.4 Å². The lowest BCUT2D eigenvalue weighted by Gasteiger charge is -2.36. The van der Waals surface area contributed by atoms with E-state index in [0.717, 1.165) is 25.9 Å². The van der Waals surface area contributed by atoms with E-state index in [4.69, 9.17) is 4.74 Å². The third kappa shape index (κ3) is 5.29. The topological polar surface area (TPSA) is 96.7 Å². The number of amides is 1. The van der Waals surface area contributed by atoms with Crippen LogP contribution in [-0.4, -0.2) is 55.1 Å². The second-order valence-corrected chi connectivity index (χ2v) is 5.93. The molecule has 0 radical (unpaired) electrons. The van der Waals surface area contributed by atoms with Crippen molar-refractivity contribution in [2.75, 3.05) is 32.6 Å². The first-order chi connectivity index (χ1) is 11.5. The third-order valence-electron chi connectivity index (χ3n) is 4.44. The number of nitro benzene ring substituents is 1. The lowest BCUT2D eigenvalue weighted by Crippen LogP contribution is -2.51. The van der Waals surface area contributed by atoms with Crippen molar-refractivity contribution >= 4 is 29.7 Å². The molecule has 1 aliphatic heterocycles. The molecule has 1 aromatic carbocycles. The number of ether oxygens (including phenoxy) is 1. The molecule has 2 atom stereocenters. The summed E-state index contributed by atoms with van der Waals surface area (Å²) in [4.78, 5) is 25.1. The van der Waals surface area contributed by atoms with Gasteiger partial charge in [0.2, 0.25) is 5.91 Å². The van der Waals surface area contributed by atoms with Gasteiger partial charge in [-0.2, -0.15) is 0 Å². The molecule has 25 heavy (non-hydrogen) atoms. The summed E-state index contributed by atoms with van der Waals surface area (Å²) in [6.07, 6.45) is 2.13. The van der Waals surface area contributed by atoms with E-state index in [2.05, 4.69) is 15.5 Å². The van der Waals surface area contributed by atoms with Crippen molar-refractivity contribution in [2.24, 2.45) is 0 Å². The predicted molar refractivity (Wildman–Crippen MR) is 98.6 cm³/mol. The zero-order valence-corrected chi connectivity index (χ0v) is 15.5. The van der Waals surface area contributed by atoms with Crippen molar-refractivity contribution < 1.29 is 14.5 Å². The molecule has 1 fully saturated rings. The van der Waals surface area contributed by atoms with Crippen molar-refractivity contribution in [1.82, 2.24) is 10.2 Å². The Kier molecular flexibility index (Phi) is 8.08. The normalized spacial score (nSPS) is 18.8. The Labute approximate surface area is 153 Å². The molecule has 0 saturated carbocycles. The van der Waals surface area contributed by atoms with Gasteiger partial charge >= 0.3 is 0 Å². The lowest BCUT2D eigenvalue weighted by atomic mass is 10.0. The van der Waals surface area contributed by atoms with E-state index >= 15 is 0 Å². The number of nitrogens with zero attached hydrogens (tertiary/aromatic N) is 2. The fourth-order valence-corrected chi connectivity index (χ4v) is 2.90. The fraction of sp³-hybridized carbons (Fsp3) is 0.562. The first kappa shape index (κ1) is 21.1. The van der Waals surface area contributed by atoms with Gasteiger partial charge in [-0.15, -0.1) is 12.4 Å². The summed E-state index contributed by atoms with van der Waals surface area (Å²) in [7, 11) is 3.38. The molecule has 0 aliphatic carbocycles. The summed E-state index contributed by atoms with van der Waals surface area (Å²) in [5.74, 6) is 0.193. The zero-order valence-electron chi connectivity index (χ0n) is 14.7. The van der Waals surface area contributed by atoms with Gasteiger partial charge in [-0.25, -0.2) is 0 Å². The summed E-state index contributed by atoms with van der Waals surface area (Å²) >= 11 is 0. The van der Waals surface area contributed by atoms with Gasteiger partial charge in [-0.1, -0.05) is 0 Å². The number of likely N-dealkylation sites (tertiary alicyclic amines) is 1. The maximum absolute atomic E-state index is 12.6. The van der Waals surface area contributed by atoms with Crippen LogP contribution >= 0.6 is 12.4 Å². The van der Waals surface area contributed by atoms with E-state index in [1.54, 1.807) is 0 Å². The molecule has 0 bridgehead atoms. The highest BCUT2D eigenvalue weighted by atomic mass is 35.5. The van der Waals surface area contributed by atoms with Gasteiger partial charge in [0.1, 0.15) is 5.75 Å². The molecular formula is C16H25ClN4O4. The monoisotopic (exact) mass is 372 g/mol. The Hall–Kier alpha value is -1.90. The zero-order chi connectivity index (χ0) is 17.7. The van der Waals surface area contributed by atoms with Gasteiger partial charge in [0.15, 0.2) is 0 Å². The Morgan fingerprint density at radius 2 is 2.20 bits per heavy atom. The van der Waals surface area contributed by atoms with Crippen LogP contribution in [0.2, 0.25) is 0 Å². The van der Waals surface area contributed by atoms with E-state index in [1.807, 2.05) is 14.0 Å². The molecule has 1 saturated heterocycles. The minimum absolute atomic E-state index is 0. The molecule has 1 aliphatic rings. The van der Waals surface area contributed by atoms with E-state index in [-0.39, 0.29) is 30.0 Å². The average Bonchev–Trinajstić information content (AvgIpc) is 2.60. The Morgan fingerprint density at radius 1 is 1.48 bits per heavy atom. The maximum Gasteiger partial charge on any atom is 0.271 e. The summed E-state index contributed by atoms with van der Waals surface area (Å²) in [6, 6.07) is 4.19. The number of halogens is 1. The number of hydrogen-bond donors (Lipinski definition) is 2. The number of likely N-dealkylation sites (N-methyl/N-ethyl adjacent to an activating group) is 1. The van der Waals surface area contributed by atoms with Crippen LogP contribution in [0, 0.1) is 10.1 Å². The average molecular weight is 373 g/mol. The highest BCUT2D eigenvalue weighted by Crippen LogP contribution is 2.29. The smallest absolute Gasteiger partial charge is 0.271 e. The van der Waals surface area contributed by atoms with Gasteiger partial charge in [-0.3, -0.25) is 19.8 Å². The second kappa shape index (κ2) is 9.55. The molecule has 1 heterocycles. The van der Waals surface area contributed by atoms with Crippen LogP contribution in [0.1, 0.15) is 19.8 Å². The standard InChI is InChI=1S/C16H24N4O4.ClH/c1-11(19-8-4-5-12(10-19)17-2)16(21)18-14-9-13(20(22)23)6-7-15(14)24-3;/h6-7,9,11-12,17H,4-5,8,10H2,1-3H3,(H,18,21);1H. The van der Waals surface area contributed by atoms with E-state index in [1.165, 1.54) is 25.3 Å². The lowest BCUT2D eigenvalue weighted by molar-refractivity contribution is -0.384. The number of carbonyl (C=O) groups is 1. The van der Waals surface area contributed by atoms with Crippen molar-refractivity contribution in [2.45, 2.75) is 31.8 Å². The molecule has 8 nitrogen and oxygen atoms in total. The van der Waals surface area contributed by atoms with Crippen molar-refractivity contribution in [3.63, 3.8) is 0 Å². The first-order valence-electron chi connectivity index (χ1n) is 8.01. The minimum atomic E-state index is -0.499. The van der Waals surface area contributed by atoms with E-state index < -0.39 is 4.92 Å². The number of piperidine rings is 1. The van der Waals surface area contributed by atoms with Crippen LogP contribution in [0.25, 0.3) is 0 Å². The first-order valence-corrected chi connectivity index (χ1v) is 8.01. The number of nitrogens with one attached hydrogen (secondary N) is 2. The fourth-order valence-electron chi connectivity index (χ4n) is 2.90. The summed E-state index contributed by atoms with van der Waals surface area (Å²) in [5, 5.41) is 16.9. The van der Waals surface area contributed by atoms with E-state index in [0.29, 0.717) is 17.5 Å². The molecule has 2 rings (SSSR count). The summed E-state index contributed by atoms with van der Waals surface area (Å²) in [6.45, 7) is 3.51. The molecule has 2 N–H and O–H groups in total. The van der Waals surface area contributed by atoms with Crippen molar-refractivity contribution in [1.29, 1.82) is 0 Å². The van der Waals surface area contributed by atoms with Gasteiger partial charge < -0.3 is 15.4 Å². The van der Waals surface area contributed by atoms with Crippen LogP contribution in [0.4, 0.5) is 11.4 Å². The Balaban J connectivity index is 0.00000312. The number of nitro groups is 1. The molecule has 0 aromatic heterocycles. The van der Waals surface area contributed by atoms with Gasteiger partial charge in [-0.05, 0) is 39.4 Å². The van der Waals surface area contributed by atoms with Crippen LogP contribution in [0.3, 0.4) is 0 Å². The number of benzene rings is 1. The molecule has 1 aromatic rings. The number of anilines is 1. The highest BCUT2D eigenvalue weighted by molar-refractivity contribution is 5.96. The van der Waals surface area contributed by atoms with Crippen LogP contribution in [-0.2, 0) is 4.79 Å². The molecule has 9 heteroatoms. The Morgan fingerprint density at radius 3 is 2.80 bits per heavy atom. The molecule has 140 valence electrons. The highest BCUT2D eigenvalue weighted by Gasteiger charge is 2.27. The van der Waals surface area contributed by atoms with Crippen LogP contribution in [0.5, 0.6) is 5.75 Å². The molecule has 2 unspecified atom stereocenters. The number of non-ortho nitro benzene ring substituents is 1. The van der Waals surface area contributed by atoms with Crippen molar-refractivity contribution in [3.8, 4) is 5.75 Å². The quantitative estimate of drug-likeness (QED) is 0.586. The number of carbonyl (C=O) groups excluding carboxylic acids is 1. The minimum Gasteiger partial charge on any atom is -0.495 e. The van der Waals surface area contributed by atoms with Gasteiger partial charge in [0.25, 0.3) is 5.69 Å².